The van der Waals surface area contributed by atoms with E-state index in [-0.39, 0.29) is 0 Å². The van der Waals surface area contributed by atoms with Crippen molar-refractivity contribution >= 4 is 0 Å². The molecule has 1 heterocycles. The maximum atomic E-state index is 4.00. The van der Waals surface area contributed by atoms with Gasteiger partial charge in [0.2, 0.25) is 0 Å². The van der Waals surface area contributed by atoms with E-state index in [2.05, 4.69) is 29.4 Å². The quantitative estimate of drug-likeness (QED) is 0.671. The van der Waals surface area contributed by atoms with Crippen LogP contribution in [0.25, 0.3) is 0 Å². The number of hydrogen-bond donors (Lipinski definition) is 1. The average Bonchev–Trinajstić information content (AvgIpc) is 2.25. The second kappa shape index (κ2) is 7.51. The minimum atomic E-state index is 1.15. The van der Waals surface area contributed by atoms with Crippen LogP contribution in [0, 0.1) is 0 Å². The first-order chi connectivity index (χ1) is 6.93. The minimum Gasteiger partial charge on any atom is -0.317 e. The summed E-state index contributed by atoms with van der Waals surface area (Å²) in [5, 5.41) is 3.41. The molecule has 0 saturated heterocycles. The molecular weight excluding hydrogens is 172 g/mol. The summed E-state index contributed by atoms with van der Waals surface area (Å²) >= 11 is 0. The van der Waals surface area contributed by atoms with Crippen molar-refractivity contribution in [2.45, 2.75) is 32.6 Å². The summed E-state index contributed by atoms with van der Waals surface area (Å²) in [5.41, 5.74) is 1.40. The summed E-state index contributed by atoms with van der Waals surface area (Å²) in [4.78, 5) is 4.00. The van der Waals surface area contributed by atoms with E-state index in [9.17, 15) is 0 Å². The second-order valence-electron chi connectivity index (χ2n) is 3.56. The van der Waals surface area contributed by atoms with Gasteiger partial charge in [-0.05, 0) is 56.5 Å². The van der Waals surface area contributed by atoms with Crippen LogP contribution in [-0.2, 0) is 6.42 Å². The number of unbranched alkanes of at least 4 members (excludes halogenated alkanes) is 1. The van der Waals surface area contributed by atoms with Crippen LogP contribution < -0.4 is 5.32 Å². The number of nitrogens with zero attached hydrogens (tertiary/aromatic N) is 1. The fourth-order valence-corrected chi connectivity index (χ4v) is 1.43. The van der Waals surface area contributed by atoms with E-state index >= 15 is 0 Å². The van der Waals surface area contributed by atoms with Crippen LogP contribution >= 0.6 is 0 Å². The summed E-state index contributed by atoms with van der Waals surface area (Å²) in [6, 6.07) is 4.19. The maximum Gasteiger partial charge on any atom is 0.0270 e. The van der Waals surface area contributed by atoms with Crippen LogP contribution in [0.4, 0.5) is 0 Å². The molecule has 0 unspecified atom stereocenters. The first kappa shape index (κ1) is 11.2. The number of pyridine rings is 1. The second-order valence-corrected chi connectivity index (χ2v) is 3.56. The topological polar surface area (TPSA) is 24.9 Å². The Bertz CT molecular complexity index is 221. The van der Waals surface area contributed by atoms with Gasteiger partial charge in [0, 0.05) is 12.4 Å². The summed E-state index contributed by atoms with van der Waals surface area (Å²) in [6.07, 6.45) is 8.67. The molecule has 1 N–H and O–H groups in total. The third kappa shape index (κ3) is 4.97. The van der Waals surface area contributed by atoms with Crippen molar-refractivity contribution in [1.29, 1.82) is 0 Å². The van der Waals surface area contributed by atoms with E-state index in [0.29, 0.717) is 0 Å². The van der Waals surface area contributed by atoms with Gasteiger partial charge >= 0.3 is 0 Å². The fraction of sp³-hybridized carbons (Fsp3) is 0.583. The van der Waals surface area contributed by atoms with Crippen LogP contribution in [0.15, 0.2) is 24.5 Å². The Labute approximate surface area is 86.8 Å². The van der Waals surface area contributed by atoms with E-state index in [1.54, 1.807) is 0 Å². The molecule has 0 radical (unpaired) electrons. The summed E-state index contributed by atoms with van der Waals surface area (Å²) in [5.74, 6) is 0. The Kier molecular flexibility index (Phi) is 6.00. The lowest BCUT2D eigenvalue weighted by Crippen LogP contribution is -2.15. The van der Waals surface area contributed by atoms with Crippen molar-refractivity contribution in [3.63, 3.8) is 0 Å². The third-order valence-electron chi connectivity index (χ3n) is 2.25. The van der Waals surface area contributed by atoms with E-state index in [1.165, 1.54) is 31.2 Å². The molecule has 0 bridgehead atoms. The van der Waals surface area contributed by atoms with Crippen molar-refractivity contribution in [3.8, 4) is 0 Å². The molecule has 0 atom stereocenters. The summed E-state index contributed by atoms with van der Waals surface area (Å²) < 4.78 is 0. The lowest BCUT2D eigenvalue weighted by molar-refractivity contribution is 0.616. The fourth-order valence-electron chi connectivity index (χ4n) is 1.43. The van der Waals surface area contributed by atoms with Crippen LogP contribution in [0.1, 0.15) is 31.7 Å². The van der Waals surface area contributed by atoms with Gasteiger partial charge in [-0.3, -0.25) is 4.98 Å². The molecule has 0 aromatic carbocycles. The zero-order chi connectivity index (χ0) is 10.1. The number of nitrogens with one attached hydrogen (secondary N) is 1. The highest BCUT2D eigenvalue weighted by molar-refractivity contribution is 5.09. The summed E-state index contributed by atoms with van der Waals surface area (Å²) in [6.45, 7) is 4.50. The van der Waals surface area contributed by atoms with Crippen LogP contribution in [-0.4, -0.2) is 18.1 Å². The van der Waals surface area contributed by atoms with Crippen molar-refractivity contribution in [1.82, 2.24) is 10.3 Å². The standard InChI is InChI=1S/C12H20N2/c1-2-8-13-9-4-3-5-12-6-10-14-11-7-12/h6-7,10-11,13H,2-5,8-9H2,1H3. The molecule has 1 aromatic rings. The monoisotopic (exact) mass is 192 g/mol. The molecule has 0 amide bonds. The van der Waals surface area contributed by atoms with Gasteiger partial charge in [0.15, 0.2) is 0 Å². The largest absolute Gasteiger partial charge is 0.317 e. The molecule has 1 rings (SSSR count). The van der Waals surface area contributed by atoms with Crippen LogP contribution in [0.2, 0.25) is 0 Å². The zero-order valence-electron chi connectivity index (χ0n) is 9.00. The first-order valence-electron chi connectivity index (χ1n) is 5.53. The van der Waals surface area contributed by atoms with Crippen molar-refractivity contribution < 1.29 is 0 Å². The highest BCUT2D eigenvalue weighted by Gasteiger charge is 1.91. The summed E-state index contributed by atoms with van der Waals surface area (Å²) in [7, 11) is 0. The number of aromatic nitrogens is 1. The lowest BCUT2D eigenvalue weighted by atomic mass is 10.1. The maximum absolute atomic E-state index is 4.00. The first-order valence-corrected chi connectivity index (χ1v) is 5.53. The average molecular weight is 192 g/mol. The number of aryl methyl sites for hydroxylation is 1. The van der Waals surface area contributed by atoms with Gasteiger partial charge in [0.25, 0.3) is 0 Å². The molecule has 0 aliphatic rings. The lowest BCUT2D eigenvalue weighted by Gasteiger charge is -2.02. The molecule has 78 valence electrons. The SMILES string of the molecule is CCCNCCCCc1ccncc1. The Morgan fingerprint density at radius 1 is 1.14 bits per heavy atom. The van der Waals surface area contributed by atoms with E-state index in [1.807, 2.05) is 12.4 Å². The highest BCUT2D eigenvalue weighted by Crippen LogP contribution is 2.02. The molecule has 1 aromatic heterocycles. The van der Waals surface area contributed by atoms with Gasteiger partial charge in [0.1, 0.15) is 0 Å². The van der Waals surface area contributed by atoms with Gasteiger partial charge in [-0.15, -0.1) is 0 Å². The number of rotatable bonds is 7. The Balaban J connectivity index is 1.99. The predicted octanol–water partition coefficient (Wildman–Crippen LogP) is 2.40. The van der Waals surface area contributed by atoms with Gasteiger partial charge in [0.05, 0.1) is 0 Å². The molecule has 14 heavy (non-hydrogen) atoms. The molecule has 0 spiro atoms. The number of hydrogen-bond acceptors (Lipinski definition) is 2. The predicted molar refractivity (Wildman–Crippen MR) is 60.3 cm³/mol. The van der Waals surface area contributed by atoms with Crippen molar-refractivity contribution in [3.05, 3.63) is 30.1 Å². The molecule has 0 aliphatic heterocycles. The molecule has 2 heteroatoms. The van der Waals surface area contributed by atoms with Gasteiger partial charge in [-0.1, -0.05) is 6.92 Å². The Morgan fingerprint density at radius 3 is 2.64 bits per heavy atom. The van der Waals surface area contributed by atoms with E-state index < -0.39 is 0 Å². The Morgan fingerprint density at radius 2 is 1.93 bits per heavy atom. The van der Waals surface area contributed by atoms with E-state index in [0.717, 1.165) is 13.1 Å². The molecular formula is C12H20N2. The van der Waals surface area contributed by atoms with Crippen LogP contribution in [0.5, 0.6) is 0 Å². The van der Waals surface area contributed by atoms with Crippen molar-refractivity contribution in [2.75, 3.05) is 13.1 Å². The Hall–Kier alpha value is -0.890. The van der Waals surface area contributed by atoms with E-state index in [4.69, 9.17) is 0 Å². The van der Waals surface area contributed by atoms with Gasteiger partial charge in [-0.2, -0.15) is 0 Å². The highest BCUT2D eigenvalue weighted by atomic mass is 14.8. The normalized spacial score (nSPS) is 10.4. The molecule has 0 fully saturated rings. The molecule has 2 nitrogen and oxygen atoms in total. The van der Waals surface area contributed by atoms with Crippen LogP contribution in [0.3, 0.4) is 0 Å². The minimum absolute atomic E-state index is 1.15. The third-order valence-corrected chi connectivity index (χ3v) is 2.25. The molecule has 0 aliphatic carbocycles. The smallest absolute Gasteiger partial charge is 0.0270 e. The molecule has 0 saturated carbocycles. The van der Waals surface area contributed by atoms with Gasteiger partial charge < -0.3 is 5.32 Å². The van der Waals surface area contributed by atoms with Crippen molar-refractivity contribution in [2.24, 2.45) is 0 Å². The van der Waals surface area contributed by atoms with Gasteiger partial charge in [-0.25, -0.2) is 0 Å². The zero-order valence-corrected chi connectivity index (χ0v) is 9.00.